The summed E-state index contributed by atoms with van der Waals surface area (Å²) in [6.45, 7) is 0. The van der Waals surface area contributed by atoms with Crippen LogP contribution in [0.2, 0.25) is 0 Å². The van der Waals surface area contributed by atoms with Crippen LogP contribution in [-0.2, 0) is 0 Å². The van der Waals surface area contributed by atoms with Crippen LogP contribution in [0.1, 0.15) is 0 Å². The first-order valence-corrected chi connectivity index (χ1v) is 18.4. The molecule has 11 aromatic rings. The molecular weight excluding hydrogens is 651 g/mol. The lowest BCUT2D eigenvalue weighted by Gasteiger charge is -2.14. The Morgan fingerprint density at radius 1 is 0.423 bits per heavy atom. The third-order valence-corrected chi connectivity index (χ3v) is 11.6. The Labute approximate surface area is 303 Å². The topological polar surface area (TPSA) is 30.7 Å². The van der Waals surface area contributed by atoms with E-state index in [0.29, 0.717) is 5.95 Å². The Hall–Kier alpha value is -6.62. The standard InChI is InChI=1S/C48H29N3S/c1-2-13-30(14-3-1)45-40-20-6-8-25-42(40)49-48(50-45)51-43-29-32-16-5-4-15-31(32)28-41(43)38-23-11-21-35(46(38)51)33-17-10-18-34(27-33)36-22-12-24-39-37-19-7-9-26-44(37)52-47(36)39/h1-29H. The van der Waals surface area contributed by atoms with Gasteiger partial charge >= 0.3 is 0 Å². The summed E-state index contributed by atoms with van der Waals surface area (Å²) < 4.78 is 4.93. The fourth-order valence-corrected chi connectivity index (χ4v) is 9.24. The molecule has 242 valence electrons. The van der Waals surface area contributed by atoms with Gasteiger partial charge in [-0.1, -0.05) is 146 Å². The second-order valence-corrected chi connectivity index (χ2v) is 14.4. The number of rotatable bonds is 4. The molecule has 0 atom stereocenters. The maximum absolute atomic E-state index is 5.40. The molecule has 3 heterocycles. The highest BCUT2D eigenvalue weighted by Crippen LogP contribution is 2.43. The Morgan fingerprint density at radius 3 is 1.92 bits per heavy atom. The Bertz CT molecular complexity index is 3190. The number of para-hydroxylation sites is 2. The number of hydrogen-bond donors (Lipinski definition) is 0. The van der Waals surface area contributed by atoms with Gasteiger partial charge in [-0.15, -0.1) is 11.3 Å². The van der Waals surface area contributed by atoms with Crippen molar-refractivity contribution >= 4 is 75.0 Å². The lowest BCUT2D eigenvalue weighted by atomic mass is 9.96. The summed E-state index contributed by atoms with van der Waals surface area (Å²) in [5.41, 5.74) is 9.84. The SMILES string of the molecule is c1ccc(-c2nc(-n3c4cc5ccccc5cc4c4cccc(-c5cccc(-c6cccc7c6sc6ccccc67)c5)c43)nc3ccccc23)cc1. The van der Waals surface area contributed by atoms with E-state index in [1.54, 1.807) is 0 Å². The Morgan fingerprint density at radius 2 is 1.06 bits per heavy atom. The van der Waals surface area contributed by atoms with Crippen LogP contribution in [0.4, 0.5) is 0 Å². The molecule has 0 bridgehead atoms. The molecule has 0 aliphatic heterocycles. The zero-order valence-corrected chi connectivity index (χ0v) is 28.8. The van der Waals surface area contributed by atoms with Gasteiger partial charge < -0.3 is 0 Å². The van der Waals surface area contributed by atoms with Gasteiger partial charge in [0.05, 0.1) is 22.2 Å². The van der Waals surface area contributed by atoms with E-state index in [1.165, 1.54) is 52.8 Å². The van der Waals surface area contributed by atoms with Crippen LogP contribution >= 0.6 is 11.3 Å². The summed E-state index contributed by atoms with van der Waals surface area (Å²) in [5.74, 6) is 0.659. The summed E-state index contributed by atoms with van der Waals surface area (Å²) in [4.78, 5) is 10.7. The van der Waals surface area contributed by atoms with Gasteiger partial charge in [-0.25, -0.2) is 9.97 Å². The van der Waals surface area contributed by atoms with Crippen LogP contribution in [0.3, 0.4) is 0 Å². The van der Waals surface area contributed by atoms with E-state index >= 15 is 0 Å². The molecular formula is C48H29N3S. The van der Waals surface area contributed by atoms with E-state index in [2.05, 4.69) is 174 Å². The second kappa shape index (κ2) is 11.5. The van der Waals surface area contributed by atoms with Gasteiger partial charge in [0.15, 0.2) is 0 Å². The number of hydrogen-bond acceptors (Lipinski definition) is 3. The summed E-state index contributed by atoms with van der Waals surface area (Å²) in [5, 5.41) is 8.40. The lowest BCUT2D eigenvalue weighted by Crippen LogP contribution is -2.04. The smallest absolute Gasteiger partial charge is 0.235 e. The van der Waals surface area contributed by atoms with Crippen molar-refractivity contribution < 1.29 is 0 Å². The fourth-order valence-electron chi connectivity index (χ4n) is 8.00. The zero-order valence-electron chi connectivity index (χ0n) is 28.0. The van der Waals surface area contributed by atoms with E-state index < -0.39 is 0 Å². The van der Waals surface area contributed by atoms with Gasteiger partial charge in [0.1, 0.15) is 0 Å². The van der Waals surface area contributed by atoms with Crippen molar-refractivity contribution in [3.8, 4) is 39.5 Å². The van der Waals surface area contributed by atoms with Gasteiger partial charge in [-0.3, -0.25) is 4.57 Å². The molecule has 0 spiro atoms. The van der Waals surface area contributed by atoms with Crippen molar-refractivity contribution in [1.82, 2.24) is 14.5 Å². The quantitative estimate of drug-likeness (QED) is 0.185. The highest BCUT2D eigenvalue weighted by molar-refractivity contribution is 7.26. The summed E-state index contributed by atoms with van der Waals surface area (Å²) in [6.07, 6.45) is 0. The predicted octanol–water partition coefficient (Wildman–Crippen LogP) is 13.2. The summed E-state index contributed by atoms with van der Waals surface area (Å²) in [7, 11) is 0. The molecule has 0 saturated carbocycles. The van der Waals surface area contributed by atoms with Crippen molar-refractivity contribution in [3.63, 3.8) is 0 Å². The van der Waals surface area contributed by atoms with Crippen LogP contribution in [0.25, 0.3) is 103 Å². The number of aromatic nitrogens is 3. The summed E-state index contributed by atoms with van der Waals surface area (Å²) in [6, 6.07) is 63.1. The van der Waals surface area contributed by atoms with Gasteiger partial charge in [0, 0.05) is 47.5 Å². The molecule has 8 aromatic carbocycles. The van der Waals surface area contributed by atoms with Crippen molar-refractivity contribution in [3.05, 3.63) is 176 Å². The van der Waals surface area contributed by atoms with E-state index in [4.69, 9.17) is 9.97 Å². The number of thiophene rings is 1. The molecule has 0 saturated heterocycles. The highest BCUT2D eigenvalue weighted by atomic mass is 32.1. The van der Waals surface area contributed by atoms with E-state index in [1.807, 2.05) is 17.4 Å². The predicted molar refractivity (Wildman–Crippen MR) is 221 cm³/mol. The van der Waals surface area contributed by atoms with Gasteiger partial charge in [-0.2, -0.15) is 0 Å². The summed E-state index contributed by atoms with van der Waals surface area (Å²) >= 11 is 1.87. The molecule has 0 aliphatic carbocycles. The molecule has 3 nitrogen and oxygen atoms in total. The van der Waals surface area contributed by atoms with Gasteiger partial charge in [-0.05, 0) is 57.8 Å². The Kier molecular flexibility index (Phi) is 6.42. The molecule has 3 aromatic heterocycles. The maximum Gasteiger partial charge on any atom is 0.235 e. The molecule has 0 radical (unpaired) electrons. The van der Waals surface area contributed by atoms with Crippen LogP contribution < -0.4 is 0 Å². The molecule has 52 heavy (non-hydrogen) atoms. The van der Waals surface area contributed by atoms with Crippen LogP contribution in [0, 0.1) is 0 Å². The molecule has 0 aliphatic rings. The molecule has 0 N–H and O–H groups in total. The van der Waals surface area contributed by atoms with Gasteiger partial charge in [0.2, 0.25) is 5.95 Å². The maximum atomic E-state index is 5.40. The molecule has 11 rings (SSSR count). The third kappa shape index (κ3) is 4.45. The van der Waals surface area contributed by atoms with E-state index in [-0.39, 0.29) is 0 Å². The van der Waals surface area contributed by atoms with E-state index in [9.17, 15) is 0 Å². The van der Waals surface area contributed by atoms with Crippen molar-refractivity contribution in [2.45, 2.75) is 0 Å². The molecule has 4 heteroatoms. The normalized spacial score (nSPS) is 11.8. The lowest BCUT2D eigenvalue weighted by molar-refractivity contribution is 1.01. The first-order chi connectivity index (χ1) is 25.8. The first-order valence-electron chi connectivity index (χ1n) is 17.6. The van der Waals surface area contributed by atoms with Crippen LogP contribution in [0.5, 0.6) is 0 Å². The van der Waals surface area contributed by atoms with Crippen LogP contribution in [0.15, 0.2) is 176 Å². The zero-order chi connectivity index (χ0) is 34.2. The monoisotopic (exact) mass is 679 g/mol. The van der Waals surface area contributed by atoms with Crippen molar-refractivity contribution in [2.24, 2.45) is 0 Å². The minimum absolute atomic E-state index is 0.659. The van der Waals surface area contributed by atoms with Crippen molar-refractivity contribution in [2.75, 3.05) is 0 Å². The van der Waals surface area contributed by atoms with Crippen LogP contribution in [-0.4, -0.2) is 14.5 Å². The van der Waals surface area contributed by atoms with E-state index in [0.717, 1.165) is 44.3 Å². The largest absolute Gasteiger partial charge is 0.277 e. The second-order valence-electron chi connectivity index (χ2n) is 13.4. The first kappa shape index (κ1) is 29.1. The van der Waals surface area contributed by atoms with Gasteiger partial charge in [0.25, 0.3) is 0 Å². The molecule has 0 fully saturated rings. The highest BCUT2D eigenvalue weighted by Gasteiger charge is 2.21. The van der Waals surface area contributed by atoms with Crippen molar-refractivity contribution in [1.29, 1.82) is 0 Å². The number of benzene rings is 8. The molecule has 0 amide bonds. The minimum atomic E-state index is 0.659. The third-order valence-electron chi connectivity index (χ3n) is 10.4. The average molecular weight is 680 g/mol. The minimum Gasteiger partial charge on any atom is -0.277 e. The number of fused-ring (bicyclic) bond motifs is 8. The molecule has 0 unspecified atom stereocenters. The number of nitrogens with zero attached hydrogens (tertiary/aromatic N) is 3. The Balaban J connectivity index is 1.21. The average Bonchev–Trinajstić information content (AvgIpc) is 3.75. The fraction of sp³-hybridized carbons (Fsp3) is 0.